The lowest BCUT2D eigenvalue weighted by molar-refractivity contribution is 0.169. The average molecular weight is 341 g/mol. The Morgan fingerprint density at radius 1 is 1.47 bits per heavy atom. The van der Waals surface area contributed by atoms with E-state index >= 15 is 0 Å². The van der Waals surface area contributed by atoms with Crippen molar-refractivity contribution in [2.45, 2.75) is 26.0 Å². The van der Waals surface area contributed by atoms with Crippen LogP contribution in [0.15, 0.2) is 33.6 Å². The lowest BCUT2D eigenvalue weighted by Crippen LogP contribution is -2.16. The highest BCUT2D eigenvalue weighted by atomic mass is 79.9. The van der Waals surface area contributed by atoms with Crippen LogP contribution in [0.1, 0.15) is 30.7 Å². The Morgan fingerprint density at radius 3 is 2.79 bits per heavy atom. The number of pyridine rings is 1. The molecule has 2 rings (SSSR count). The molecule has 0 radical (unpaired) electrons. The molecule has 0 aliphatic rings. The molecule has 2 heterocycles. The molecule has 0 aromatic carbocycles. The molecule has 0 unspecified atom stereocenters. The van der Waals surface area contributed by atoms with Crippen LogP contribution in [0.4, 0.5) is 5.69 Å². The smallest absolute Gasteiger partial charge is 0.0957 e. The molecule has 102 valence electrons. The number of nitrogens with zero attached hydrogens (tertiary/aromatic N) is 2. The topological polar surface area (TPSA) is 36.4 Å². The third-order valence-electron chi connectivity index (χ3n) is 2.98. The minimum absolute atomic E-state index is 0.466. The van der Waals surface area contributed by atoms with E-state index in [-0.39, 0.29) is 0 Å². The summed E-state index contributed by atoms with van der Waals surface area (Å²) in [4.78, 5) is 6.46. The first-order valence-electron chi connectivity index (χ1n) is 6.18. The van der Waals surface area contributed by atoms with E-state index in [0.717, 1.165) is 21.7 Å². The third kappa shape index (κ3) is 3.78. The highest BCUT2D eigenvalue weighted by Gasteiger charge is 2.08. The van der Waals surface area contributed by atoms with Crippen molar-refractivity contribution in [2.75, 3.05) is 11.9 Å². The second-order valence-electron chi connectivity index (χ2n) is 4.48. The molecule has 0 fully saturated rings. The maximum atomic E-state index is 9.72. The summed E-state index contributed by atoms with van der Waals surface area (Å²) in [6.07, 6.45) is 2.04. The van der Waals surface area contributed by atoms with Crippen LogP contribution in [0.25, 0.3) is 0 Å². The van der Waals surface area contributed by atoms with E-state index < -0.39 is 6.10 Å². The van der Waals surface area contributed by atoms with Gasteiger partial charge in [-0.2, -0.15) is 0 Å². The number of rotatable bonds is 5. The lowest BCUT2D eigenvalue weighted by atomic mass is 10.2. The standard InChI is InChI=1S/C14H17BrN2OS/c1-3-13(18)12-5-4-11(7-16-12)17(2)8-10-6-14(15)19-9-10/h4-7,9,13,18H,3,8H2,1-2H3/t13-/m0/s1. The normalized spacial score (nSPS) is 12.4. The predicted octanol–water partition coefficient (Wildman–Crippen LogP) is 3.99. The monoisotopic (exact) mass is 340 g/mol. The van der Waals surface area contributed by atoms with E-state index in [4.69, 9.17) is 0 Å². The first-order valence-corrected chi connectivity index (χ1v) is 7.85. The maximum Gasteiger partial charge on any atom is 0.0957 e. The molecule has 0 spiro atoms. The quantitative estimate of drug-likeness (QED) is 0.893. The molecule has 0 amide bonds. The molecule has 2 aromatic rings. The second kappa shape index (κ2) is 6.50. The van der Waals surface area contributed by atoms with Crippen LogP contribution in [0.3, 0.4) is 0 Å². The fraction of sp³-hybridized carbons (Fsp3) is 0.357. The number of thiophene rings is 1. The predicted molar refractivity (Wildman–Crippen MR) is 83.6 cm³/mol. The molecule has 2 aromatic heterocycles. The third-order valence-corrected chi connectivity index (χ3v) is 4.53. The first kappa shape index (κ1) is 14.5. The zero-order valence-electron chi connectivity index (χ0n) is 11.0. The van der Waals surface area contributed by atoms with Crippen molar-refractivity contribution in [3.63, 3.8) is 0 Å². The van der Waals surface area contributed by atoms with E-state index in [1.165, 1.54) is 5.56 Å². The van der Waals surface area contributed by atoms with Crippen molar-refractivity contribution in [1.82, 2.24) is 4.98 Å². The molecular formula is C14H17BrN2OS. The van der Waals surface area contributed by atoms with Crippen molar-refractivity contribution in [3.05, 3.63) is 44.8 Å². The first-order chi connectivity index (χ1) is 9.10. The average Bonchev–Trinajstić information content (AvgIpc) is 2.83. The maximum absolute atomic E-state index is 9.72. The van der Waals surface area contributed by atoms with Crippen molar-refractivity contribution in [2.24, 2.45) is 0 Å². The van der Waals surface area contributed by atoms with Crippen LogP contribution >= 0.6 is 27.3 Å². The molecule has 0 bridgehead atoms. The van der Waals surface area contributed by atoms with Crippen LogP contribution < -0.4 is 4.90 Å². The van der Waals surface area contributed by atoms with E-state index in [1.54, 1.807) is 11.3 Å². The van der Waals surface area contributed by atoms with Gasteiger partial charge in [0, 0.05) is 13.6 Å². The number of aliphatic hydroxyl groups is 1. The molecule has 19 heavy (non-hydrogen) atoms. The molecule has 0 saturated carbocycles. The number of aliphatic hydroxyl groups excluding tert-OH is 1. The Kier molecular flexibility index (Phi) is 4.96. The van der Waals surface area contributed by atoms with E-state index in [2.05, 4.69) is 37.3 Å². The van der Waals surface area contributed by atoms with Gasteiger partial charge in [-0.05, 0) is 51.5 Å². The Balaban J connectivity index is 2.05. The second-order valence-corrected chi connectivity index (χ2v) is 6.77. The van der Waals surface area contributed by atoms with Gasteiger partial charge in [0.25, 0.3) is 0 Å². The zero-order valence-corrected chi connectivity index (χ0v) is 13.4. The summed E-state index contributed by atoms with van der Waals surface area (Å²) in [5, 5.41) is 11.9. The van der Waals surface area contributed by atoms with Crippen molar-refractivity contribution < 1.29 is 5.11 Å². The molecule has 0 saturated heterocycles. The molecule has 0 aliphatic heterocycles. The fourth-order valence-corrected chi connectivity index (χ4v) is 3.02. The number of anilines is 1. The number of aromatic nitrogens is 1. The van der Waals surface area contributed by atoms with Gasteiger partial charge in [0.2, 0.25) is 0 Å². The van der Waals surface area contributed by atoms with Gasteiger partial charge in [-0.3, -0.25) is 4.98 Å². The molecule has 3 nitrogen and oxygen atoms in total. The fourth-order valence-electron chi connectivity index (χ4n) is 1.82. The van der Waals surface area contributed by atoms with E-state index in [1.807, 2.05) is 32.3 Å². The van der Waals surface area contributed by atoms with E-state index in [9.17, 15) is 5.11 Å². The summed E-state index contributed by atoms with van der Waals surface area (Å²) < 4.78 is 1.15. The van der Waals surface area contributed by atoms with Gasteiger partial charge in [0.15, 0.2) is 0 Å². The van der Waals surface area contributed by atoms with Crippen molar-refractivity contribution in [1.29, 1.82) is 0 Å². The van der Waals surface area contributed by atoms with Gasteiger partial charge in [-0.1, -0.05) is 6.92 Å². The lowest BCUT2D eigenvalue weighted by Gasteiger charge is -2.19. The molecule has 0 aliphatic carbocycles. The Hall–Kier alpha value is -0.910. The summed E-state index contributed by atoms with van der Waals surface area (Å²) >= 11 is 5.16. The van der Waals surface area contributed by atoms with Crippen molar-refractivity contribution >= 4 is 33.0 Å². The van der Waals surface area contributed by atoms with Gasteiger partial charge in [-0.25, -0.2) is 0 Å². The SMILES string of the molecule is CC[C@H](O)c1ccc(N(C)Cc2csc(Br)c2)cn1. The zero-order chi connectivity index (χ0) is 13.8. The van der Waals surface area contributed by atoms with Crippen LogP contribution in [0, 0.1) is 0 Å². The van der Waals surface area contributed by atoms with Gasteiger partial charge < -0.3 is 10.0 Å². The molecule has 1 N–H and O–H groups in total. The minimum atomic E-state index is -0.466. The molecular weight excluding hydrogens is 324 g/mol. The van der Waals surface area contributed by atoms with Gasteiger partial charge >= 0.3 is 0 Å². The Morgan fingerprint density at radius 2 is 2.26 bits per heavy atom. The van der Waals surface area contributed by atoms with Crippen molar-refractivity contribution in [3.8, 4) is 0 Å². The van der Waals surface area contributed by atoms with Gasteiger partial charge in [-0.15, -0.1) is 11.3 Å². The Labute approximate surface area is 126 Å². The Bertz CT molecular complexity index is 526. The van der Waals surface area contributed by atoms with Crippen LogP contribution in [0.2, 0.25) is 0 Å². The minimum Gasteiger partial charge on any atom is -0.387 e. The van der Waals surface area contributed by atoms with Crippen LogP contribution in [-0.2, 0) is 6.54 Å². The van der Waals surface area contributed by atoms with Crippen LogP contribution in [0.5, 0.6) is 0 Å². The number of hydrogen-bond acceptors (Lipinski definition) is 4. The highest BCUT2D eigenvalue weighted by Crippen LogP contribution is 2.23. The molecule has 5 heteroatoms. The van der Waals surface area contributed by atoms with Crippen LogP contribution in [-0.4, -0.2) is 17.1 Å². The molecule has 1 atom stereocenters. The largest absolute Gasteiger partial charge is 0.387 e. The van der Waals surface area contributed by atoms with E-state index in [0.29, 0.717) is 6.42 Å². The summed E-state index contributed by atoms with van der Waals surface area (Å²) in [6.45, 7) is 2.79. The summed E-state index contributed by atoms with van der Waals surface area (Å²) in [5.74, 6) is 0. The number of halogens is 1. The number of hydrogen-bond donors (Lipinski definition) is 1. The summed E-state index contributed by atoms with van der Waals surface area (Å²) in [5.41, 5.74) is 3.06. The summed E-state index contributed by atoms with van der Waals surface area (Å²) in [7, 11) is 2.04. The highest BCUT2D eigenvalue weighted by molar-refractivity contribution is 9.11. The van der Waals surface area contributed by atoms with Gasteiger partial charge in [0.05, 0.1) is 27.5 Å². The summed E-state index contributed by atoms with van der Waals surface area (Å²) in [6, 6.07) is 6.02. The van der Waals surface area contributed by atoms with Gasteiger partial charge in [0.1, 0.15) is 0 Å².